The number of aromatic nitrogens is 2. The molecule has 0 aliphatic carbocycles. The molecule has 0 unspecified atom stereocenters. The highest BCUT2D eigenvalue weighted by Crippen LogP contribution is 2.22. The van der Waals surface area contributed by atoms with E-state index >= 15 is 0 Å². The van der Waals surface area contributed by atoms with Crippen molar-refractivity contribution in [2.45, 2.75) is 6.92 Å². The SMILES string of the molecule is Cc1ccc(/C=N/NC(=O)c2cc(-c3cccs3)[nH]n2)s1. The smallest absolute Gasteiger partial charge is 0.276 e. The molecule has 0 aromatic carbocycles. The Bertz CT molecular complexity index is 771. The molecular formula is C14H12N4OS2. The Hall–Kier alpha value is -2.25. The number of nitrogens with one attached hydrogen (secondary N) is 2. The van der Waals surface area contributed by atoms with Gasteiger partial charge in [-0.2, -0.15) is 10.2 Å². The molecule has 0 atom stereocenters. The van der Waals surface area contributed by atoms with Gasteiger partial charge >= 0.3 is 0 Å². The number of amides is 1. The molecule has 3 rings (SSSR count). The maximum atomic E-state index is 11.9. The van der Waals surface area contributed by atoms with Crippen LogP contribution in [0.1, 0.15) is 20.2 Å². The maximum Gasteiger partial charge on any atom is 0.291 e. The van der Waals surface area contributed by atoms with Crippen molar-refractivity contribution in [1.29, 1.82) is 0 Å². The number of H-pyrrole nitrogens is 1. The first-order valence-electron chi connectivity index (χ1n) is 6.21. The monoisotopic (exact) mass is 316 g/mol. The highest BCUT2D eigenvalue weighted by Gasteiger charge is 2.11. The molecule has 2 N–H and O–H groups in total. The van der Waals surface area contributed by atoms with E-state index in [0.29, 0.717) is 5.69 Å². The molecule has 0 radical (unpaired) electrons. The molecule has 106 valence electrons. The van der Waals surface area contributed by atoms with Crippen molar-refractivity contribution >= 4 is 34.8 Å². The first-order chi connectivity index (χ1) is 10.2. The van der Waals surface area contributed by atoms with Gasteiger partial charge in [-0.3, -0.25) is 9.89 Å². The predicted molar refractivity (Wildman–Crippen MR) is 86.0 cm³/mol. The lowest BCUT2D eigenvalue weighted by atomic mass is 10.3. The summed E-state index contributed by atoms with van der Waals surface area (Å²) in [5.74, 6) is -0.335. The molecule has 0 spiro atoms. The van der Waals surface area contributed by atoms with Gasteiger partial charge in [0.25, 0.3) is 5.91 Å². The van der Waals surface area contributed by atoms with E-state index in [1.165, 1.54) is 4.88 Å². The first kappa shape index (κ1) is 13.7. The van der Waals surface area contributed by atoms with Gasteiger partial charge < -0.3 is 0 Å². The standard InChI is InChI=1S/C14H12N4OS2/c1-9-4-5-10(21-9)8-15-18-14(19)12-7-11(16-17-12)13-3-2-6-20-13/h2-8H,1H3,(H,16,17)(H,18,19)/b15-8+. The molecule has 0 aliphatic rings. The van der Waals surface area contributed by atoms with Crippen LogP contribution < -0.4 is 5.43 Å². The lowest BCUT2D eigenvalue weighted by molar-refractivity contribution is 0.0950. The quantitative estimate of drug-likeness (QED) is 0.573. The van der Waals surface area contributed by atoms with Crippen molar-refractivity contribution in [2.75, 3.05) is 0 Å². The van der Waals surface area contributed by atoms with E-state index in [0.717, 1.165) is 15.4 Å². The summed E-state index contributed by atoms with van der Waals surface area (Å²) < 4.78 is 0. The Morgan fingerprint density at radius 1 is 1.43 bits per heavy atom. The van der Waals surface area contributed by atoms with Gasteiger partial charge in [0, 0.05) is 9.75 Å². The van der Waals surface area contributed by atoms with E-state index in [1.807, 2.05) is 36.6 Å². The van der Waals surface area contributed by atoms with Gasteiger partial charge in [0.1, 0.15) is 0 Å². The number of thiophene rings is 2. The summed E-state index contributed by atoms with van der Waals surface area (Å²) in [4.78, 5) is 15.2. The van der Waals surface area contributed by atoms with Crippen molar-refractivity contribution < 1.29 is 4.79 Å². The Kier molecular flexibility index (Phi) is 3.94. The Morgan fingerprint density at radius 2 is 2.33 bits per heavy atom. The molecule has 0 bridgehead atoms. The highest BCUT2D eigenvalue weighted by molar-refractivity contribution is 7.13. The number of aromatic amines is 1. The van der Waals surface area contributed by atoms with Crippen molar-refractivity contribution in [2.24, 2.45) is 5.10 Å². The van der Waals surface area contributed by atoms with Gasteiger partial charge in [0.2, 0.25) is 0 Å². The maximum absolute atomic E-state index is 11.9. The molecule has 1 amide bonds. The molecular weight excluding hydrogens is 304 g/mol. The van der Waals surface area contributed by atoms with Gasteiger partial charge in [-0.1, -0.05) is 6.07 Å². The lowest BCUT2D eigenvalue weighted by Crippen LogP contribution is -2.17. The number of hydrogen-bond donors (Lipinski definition) is 2. The summed E-state index contributed by atoms with van der Waals surface area (Å²) in [6.07, 6.45) is 1.63. The summed E-state index contributed by atoms with van der Waals surface area (Å²) in [5.41, 5.74) is 3.62. The second-order valence-corrected chi connectivity index (χ2v) is 6.56. The average molecular weight is 316 g/mol. The molecule has 0 saturated heterocycles. The van der Waals surface area contributed by atoms with Crippen LogP contribution in [0.2, 0.25) is 0 Å². The second kappa shape index (κ2) is 6.02. The van der Waals surface area contributed by atoms with Crippen LogP contribution in [0.4, 0.5) is 0 Å². The Labute approximate surface area is 129 Å². The van der Waals surface area contributed by atoms with Crippen LogP contribution in [0, 0.1) is 6.92 Å². The van der Waals surface area contributed by atoms with Crippen molar-refractivity contribution in [3.8, 4) is 10.6 Å². The molecule has 3 aromatic rings. The molecule has 3 aromatic heterocycles. The summed E-state index contributed by atoms with van der Waals surface area (Å²) in [6.45, 7) is 2.02. The van der Waals surface area contributed by atoms with E-state index in [4.69, 9.17) is 0 Å². The molecule has 0 fully saturated rings. The van der Waals surface area contributed by atoms with Crippen LogP contribution in [-0.4, -0.2) is 22.3 Å². The first-order valence-corrected chi connectivity index (χ1v) is 7.91. The van der Waals surface area contributed by atoms with Crippen LogP contribution >= 0.6 is 22.7 Å². The van der Waals surface area contributed by atoms with Gasteiger partial charge in [-0.25, -0.2) is 5.43 Å². The van der Waals surface area contributed by atoms with E-state index in [2.05, 4.69) is 20.7 Å². The molecule has 7 heteroatoms. The van der Waals surface area contributed by atoms with Crippen molar-refractivity contribution in [1.82, 2.24) is 15.6 Å². The molecule has 0 aliphatic heterocycles. The minimum Gasteiger partial charge on any atom is -0.276 e. The zero-order valence-electron chi connectivity index (χ0n) is 11.2. The molecule has 5 nitrogen and oxygen atoms in total. The summed E-state index contributed by atoms with van der Waals surface area (Å²) in [6, 6.07) is 9.60. The molecule has 21 heavy (non-hydrogen) atoms. The molecule has 0 saturated carbocycles. The fourth-order valence-electron chi connectivity index (χ4n) is 1.73. The number of carbonyl (C=O) groups is 1. The fourth-order valence-corrected chi connectivity index (χ4v) is 3.17. The zero-order valence-corrected chi connectivity index (χ0v) is 12.8. The summed E-state index contributed by atoms with van der Waals surface area (Å²) in [5, 5.41) is 12.8. The van der Waals surface area contributed by atoms with E-state index < -0.39 is 0 Å². The number of carbonyl (C=O) groups excluding carboxylic acids is 1. The largest absolute Gasteiger partial charge is 0.291 e. The third-order valence-electron chi connectivity index (χ3n) is 2.72. The predicted octanol–water partition coefficient (Wildman–Crippen LogP) is 3.27. The van der Waals surface area contributed by atoms with Crippen molar-refractivity contribution in [3.05, 3.63) is 51.2 Å². The van der Waals surface area contributed by atoms with Crippen LogP contribution in [-0.2, 0) is 0 Å². The van der Waals surface area contributed by atoms with Gasteiger partial charge in [-0.15, -0.1) is 22.7 Å². The summed E-state index contributed by atoms with van der Waals surface area (Å²) in [7, 11) is 0. The second-order valence-electron chi connectivity index (χ2n) is 4.29. The number of rotatable bonds is 4. The van der Waals surface area contributed by atoms with Gasteiger partial charge in [-0.05, 0) is 36.6 Å². The minimum atomic E-state index is -0.335. The van der Waals surface area contributed by atoms with Crippen LogP contribution in [0.3, 0.4) is 0 Å². The molecule has 3 heterocycles. The van der Waals surface area contributed by atoms with Crippen LogP contribution in [0.25, 0.3) is 10.6 Å². The van der Waals surface area contributed by atoms with E-state index in [-0.39, 0.29) is 5.91 Å². The number of hydrogen-bond acceptors (Lipinski definition) is 5. The van der Waals surface area contributed by atoms with Crippen LogP contribution in [0.5, 0.6) is 0 Å². The number of nitrogens with zero attached hydrogens (tertiary/aromatic N) is 2. The minimum absolute atomic E-state index is 0.318. The van der Waals surface area contributed by atoms with E-state index in [1.54, 1.807) is 35.0 Å². The Balaban J connectivity index is 1.64. The third-order valence-corrected chi connectivity index (χ3v) is 4.55. The fraction of sp³-hybridized carbons (Fsp3) is 0.0714. The third kappa shape index (κ3) is 3.26. The van der Waals surface area contributed by atoms with Crippen LogP contribution in [0.15, 0.2) is 40.8 Å². The highest BCUT2D eigenvalue weighted by atomic mass is 32.1. The topological polar surface area (TPSA) is 70.1 Å². The van der Waals surface area contributed by atoms with E-state index in [9.17, 15) is 4.79 Å². The summed E-state index contributed by atoms with van der Waals surface area (Å²) >= 11 is 3.20. The van der Waals surface area contributed by atoms with Gasteiger partial charge in [0.05, 0.1) is 16.8 Å². The van der Waals surface area contributed by atoms with Gasteiger partial charge in [0.15, 0.2) is 5.69 Å². The van der Waals surface area contributed by atoms with Crippen molar-refractivity contribution in [3.63, 3.8) is 0 Å². The normalized spacial score (nSPS) is 11.1. The Morgan fingerprint density at radius 3 is 3.05 bits per heavy atom. The zero-order chi connectivity index (χ0) is 14.7. The average Bonchev–Trinajstić information content (AvgIpc) is 3.19. The number of aryl methyl sites for hydroxylation is 1. The lowest BCUT2D eigenvalue weighted by Gasteiger charge is -1.93. The number of hydrazone groups is 1.